The maximum Gasteiger partial charge on any atom is 0.326 e. The standard InChI is InChI=1S/C52H48N16O12/c1-7-15-77-33-11-12-34(78-16-8-2)30-20-66-48(74)62-26-58-39-37-53(43(69)57(39)25-61-41(62)51(66,5)65(47(61)73)19-29(30)33)23-55-38-40-59(45(55)71)27-63-42-52(6)67(49(63)75)21-31-32(36(80-18-10-4)14-13-35(31)79-17-9-3)22-68(52)50(76)64(42)28-60(40)46(72)56(38)24-54(37)44(58)70/h1-4,11-14,37-42H,15-28H2,5-6H3/t37-,38+,39?,40?,41?,42?,51+,52?. The van der Waals surface area contributed by atoms with Crippen LogP contribution in [-0.2, 0) is 26.2 Å². The van der Waals surface area contributed by atoms with Gasteiger partial charge in [-0.05, 0) is 38.1 Å². The van der Waals surface area contributed by atoms with E-state index in [1.807, 2.05) is 0 Å². The lowest BCUT2D eigenvalue weighted by Crippen LogP contribution is -2.63. The van der Waals surface area contributed by atoms with Gasteiger partial charge in [0.05, 0.1) is 26.2 Å². The third-order valence-electron chi connectivity index (χ3n) is 18.3. The van der Waals surface area contributed by atoms with Gasteiger partial charge in [0.15, 0.2) is 48.3 Å². The molecule has 0 bridgehead atoms. The van der Waals surface area contributed by atoms with Gasteiger partial charge in [0.25, 0.3) is 0 Å². The number of hydrogen-bond acceptors (Lipinski definition) is 12. The minimum absolute atomic E-state index is 0.0613. The minimum Gasteiger partial charge on any atom is -0.481 e. The summed E-state index contributed by atoms with van der Waals surface area (Å²) in [5, 5.41) is 0. The van der Waals surface area contributed by atoms with Crippen LogP contribution in [0.4, 0.5) is 38.4 Å². The number of carbonyl (C=O) groups excluding carboxylic acids is 8. The first-order chi connectivity index (χ1) is 38.6. The molecule has 2 aromatic carbocycles. The van der Waals surface area contributed by atoms with Gasteiger partial charge in [-0.2, -0.15) is 0 Å². The average Bonchev–Trinajstić information content (AvgIpc) is 4.31. The Morgan fingerprint density at radius 3 is 0.762 bits per heavy atom. The van der Waals surface area contributed by atoms with Crippen molar-refractivity contribution in [3.8, 4) is 72.4 Å². The van der Waals surface area contributed by atoms with Crippen molar-refractivity contribution in [3.05, 3.63) is 46.5 Å². The molecule has 0 spiro atoms. The number of benzene rings is 2. The molecule has 28 heteroatoms. The molecule has 0 radical (unpaired) electrons. The highest BCUT2D eigenvalue weighted by molar-refractivity contribution is 5.93. The van der Waals surface area contributed by atoms with Gasteiger partial charge in [-0.1, -0.05) is 23.7 Å². The molecule has 0 saturated carbocycles. The number of rotatable bonds is 8. The van der Waals surface area contributed by atoms with Gasteiger partial charge in [-0.15, -0.1) is 25.7 Å². The summed E-state index contributed by atoms with van der Waals surface area (Å²) in [5.41, 5.74) is -0.582. The average molecular weight is 1090 g/mol. The smallest absolute Gasteiger partial charge is 0.326 e. The van der Waals surface area contributed by atoms with E-state index in [0.717, 1.165) is 0 Å². The van der Waals surface area contributed by atoms with Crippen molar-refractivity contribution in [2.24, 2.45) is 0 Å². The number of carbonyl (C=O) groups is 8. The third-order valence-corrected chi connectivity index (χ3v) is 18.3. The molecule has 13 aliphatic rings. The van der Waals surface area contributed by atoms with Crippen LogP contribution in [0.2, 0.25) is 0 Å². The van der Waals surface area contributed by atoms with Crippen LogP contribution in [0.3, 0.4) is 0 Å². The zero-order valence-electron chi connectivity index (χ0n) is 43.0. The van der Waals surface area contributed by atoms with E-state index in [1.54, 1.807) is 57.7 Å². The molecule has 2 aromatic rings. The highest BCUT2D eigenvalue weighted by Gasteiger charge is 2.75. The van der Waals surface area contributed by atoms with Gasteiger partial charge >= 0.3 is 48.2 Å². The highest BCUT2D eigenvalue weighted by atomic mass is 16.5. The number of fused-ring (bicyclic) bond motifs is 2. The summed E-state index contributed by atoms with van der Waals surface area (Å²) in [7, 11) is 0. The van der Waals surface area contributed by atoms with Crippen molar-refractivity contribution in [2.75, 3.05) is 66.4 Å². The second kappa shape index (κ2) is 15.8. The summed E-state index contributed by atoms with van der Waals surface area (Å²) in [6.45, 7) is 0.581. The van der Waals surface area contributed by atoms with E-state index in [2.05, 4.69) is 23.7 Å². The molecule has 80 heavy (non-hydrogen) atoms. The Morgan fingerprint density at radius 1 is 0.362 bits per heavy atom. The molecule has 13 aliphatic heterocycles. The first kappa shape index (κ1) is 47.3. The molecule has 16 amide bonds. The van der Waals surface area contributed by atoms with Crippen LogP contribution in [-0.4, -0.2) is 241 Å². The van der Waals surface area contributed by atoms with Crippen LogP contribution in [0.5, 0.6) is 23.0 Å². The molecule has 11 fully saturated rings. The first-order valence-electron chi connectivity index (χ1n) is 25.8. The molecular weight excluding hydrogens is 1040 g/mol. The van der Waals surface area contributed by atoms with Crippen molar-refractivity contribution in [2.45, 2.75) is 88.3 Å². The van der Waals surface area contributed by atoms with E-state index in [-0.39, 0.29) is 79.3 Å². The van der Waals surface area contributed by atoms with E-state index in [4.69, 9.17) is 44.6 Å². The summed E-state index contributed by atoms with van der Waals surface area (Å²) in [5.74, 6) is 11.4. The Morgan fingerprint density at radius 2 is 0.562 bits per heavy atom. The zero-order valence-corrected chi connectivity index (χ0v) is 43.0. The molecular formula is C52H48N16O12. The second-order valence-electron chi connectivity index (χ2n) is 21.7. The zero-order chi connectivity index (χ0) is 55.3. The quantitative estimate of drug-likeness (QED) is 0.331. The number of urea groups is 8. The van der Waals surface area contributed by atoms with Crippen LogP contribution in [0.1, 0.15) is 36.1 Å². The molecule has 0 unspecified atom stereocenters. The van der Waals surface area contributed by atoms with Crippen molar-refractivity contribution in [3.63, 3.8) is 0 Å². The predicted octanol–water partition coefficient (Wildman–Crippen LogP) is 0.538. The first-order valence-corrected chi connectivity index (χ1v) is 25.8. The van der Waals surface area contributed by atoms with Crippen molar-refractivity contribution in [1.29, 1.82) is 0 Å². The Kier molecular flexibility index (Phi) is 9.36. The number of nitrogens with zero attached hydrogens (tertiary/aromatic N) is 16. The van der Waals surface area contributed by atoms with E-state index in [0.29, 0.717) is 45.3 Å². The predicted molar refractivity (Wildman–Crippen MR) is 266 cm³/mol. The molecule has 408 valence electrons. The lowest BCUT2D eigenvalue weighted by Gasteiger charge is -2.42. The summed E-state index contributed by atoms with van der Waals surface area (Å²) >= 11 is 0. The SMILES string of the molecule is C#CCOc1ccc(OCC#C)c2c1CN1C(=O)N3CN4C(=O)N5CN6C(=O)N7CN8C(=O)N9Cc%10c(OCC#C)ccc(OCC#C)c%10CN%10C(=O)N(CN%11C(=O)N(CN%12C(=O)N(CN%13C(=O)N(C2)C1(C)C3%13)C4[C@H]5%12)[C@H]6C%117)C8[C@]9%10C. The van der Waals surface area contributed by atoms with E-state index < -0.39 is 110 Å². The van der Waals surface area contributed by atoms with Gasteiger partial charge in [0.2, 0.25) is 0 Å². The number of hydrogen-bond donors (Lipinski definition) is 0. The molecule has 15 rings (SSSR count). The minimum atomic E-state index is -1.38. The van der Waals surface area contributed by atoms with Crippen molar-refractivity contribution < 1.29 is 57.3 Å². The number of terminal acetylenes is 4. The molecule has 0 aliphatic carbocycles. The Balaban J connectivity index is 0.774. The number of ether oxygens (including phenoxy) is 4. The largest absolute Gasteiger partial charge is 0.481 e. The molecule has 28 nitrogen and oxygen atoms in total. The van der Waals surface area contributed by atoms with Crippen LogP contribution in [0, 0.1) is 49.4 Å². The van der Waals surface area contributed by atoms with Crippen LogP contribution in [0.15, 0.2) is 24.3 Å². The fourth-order valence-electron chi connectivity index (χ4n) is 14.9. The molecule has 13 heterocycles. The van der Waals surface area contributed by atoms with Crippen molar-refractivity contribution in [1.82, 2.24) is 78.4 Å². The summed E-state index contributed by atoms with van der Waals surface area (Å²) < 4.78 is 23.9. The Labute approximate surface area is 456 Å². The van der Waals surface area contributed by atoms with E-state index in [9.17, 15) is 0 Å². The molecule has 0 aromatic heterocycles. The van der Waals surface area contributed by atoms with Gasteiger partial charge in [0, 0.05) is 22.3 Å². The fraction of sp³-hybridized carbons (Fsp3) is 0.462. The van der Waals surface area contributed by atoms with Crippen LogP contribution >= 0.6 is 0 Å². The lowest BCUT2D eigenvalue weighted by molar-refractivity contribution is -0.0289. The maximum absolute atomic E-state index is 15.3. The highest BCUT2D eigenvalue weighted by Crippen LogP contribution is 2.55. The summed E-state index contributed by atoms with van der Waals surface area (Å²) in [6, 6.07) is 2.13. The van der Waals surface area contributed by atoms with Gasteiger partial charge < -0.3 is 18.9 Å². The summed E-state index contributed by atoms with van der Waals surface area (Å²) in [4.78, 5) is 145. The third kappa shape index (κ3) is 5.49. The van der Waals surface area contributed by atoms with E-state index >= 15 is 38.4 Å². The molecule has 11 saturated heterocycles. The Bertz CT molecular complexity index is 3050. The molecule has 0 N–H and O–H groups in total. The fourth-order valence-corrected chi connectivity index (χ4v) is 14.9. The number of amides is 16. The van der Waals surface area contributed by atoms with Gasteiger partial charge in [-0.3, -0.25) is 78.4 Å². The van der Waals surface area contributed by atoms with Crippen molar-refractivity contribution >= 4 is 48.2 Å². The molecule has 0 atom stereocenters. The van der Waals surface area contributed by atoms with Crippen LogP contribution in [0.25, 0.3) is 0 Å². The Hall–Kier alpha value is -9.96. The topological polar surface area (TPSA) is 225 Å². The maximum atomic E-state index is 15.3. The second-order valence-corrected chi connectivity index (χ2v) is 21.7. The lowest BCUT2D eigenvalue weighted by atomic mass is 10.0. The normalized spacial score (nSPS) is 30.4. The van der Waals surface area contributed by atoms with E-state index in [1.165, 1.54) is 58.8 Å². The van der Waals surface area contributed by atoms with Crippen LogP contribution < -0.4 is 18.9 Å². The monoisotopic (exact) mass is 1090 g/mol. The van der Waals surface area contributed by atoms with Gasteiger partial charge in [0.1, 0.15) is 89.4 Å². The summed E-state index contributed by atoms with van der Waals surface area (Å²) in [6.07, 6.45) is 15.7. The van der Waals surface area contributed by atoms with Gasteiger partial charge in [-0.25, -0.2) is 38.4 Å².